The molecule has 3 nitrogen and oxygen atoms in total. The van der Waals surface area contributed by atoms with Crippen molar-refractivity contribution in [3.8, 4) is 0 Å². The molecule has 0 aromatic heterocycles. The minimum Gasteiger partial charge on any atom is -0.389 e. The summed E-state index contributed by atoms with van der Waals surface area (Å²) in [6.45, 7) is 4.32. The molecule has 0 radical (unpaired) electrons. The Morgan fingerprint density at radius 2 is 2.11 bits per heavy atom. The van der Waals surface area contributed by atoms with Crippen molar-refractivity contribution in [3.63, 3.8) is 0 Å². The van der Waals surface area contributed by atoms with Gasteiger partial charge in [0, 0.05) is 31.5 Å². The highest BCUT2D eigenvalue weighted by Gasteiger charge is 2.21. The number of likely N-dealkylation sites (N-methyl/N-ethyl adjacent to an activating group) is 1. The van der Waals surface area contributed by atoms with Gasteiger partial charge in [-0.1, -0.05) is 18.2 Å². The third-order valence-electron chi connectivity index (χ3n) is 3.42. The molecule has 0 spiro atoms. The summed E-state index contributed by atoms with van der Waals surface area (Å²) in [5, 5.41) is 9.75. The van der Waals surface area contributed by atoms with E-state index in [-0.39, 0.29) is 0 Å². The van der Waals surface area contributed by atoms with Gasteiger partial charge in [0.15, 0.2) is 0 Å². The first-order chi connectivity index (χ1) is 8.68. The number of rotatable bonds is 7. The largest absolute Gasteiger partial charge is 0.389 e. The maximum atomic E-state index is 9.75. The number of benzene rings is 1. The van der Waals surface area contributed by atoms with Crippen molar-refractivity contribution in [2.45, 2.75) is 25.9 Å². The van der Waals surface area contributed by atoms with Gasteiger partial charge in [0.25, 0.3) is 0 Å². The van der Waals surface area contributed by atoms with E-state index in [1.165, 1.54) is 12.8 Å². The first-order valence-electron chi connectivity index (χ1n) is 6.74. The normalized spacial score (nSPS) is 16.6. The van der Waals surface area contributed by atoms with Gasteiger partial charge in [-0.15, -0.1) is 0 Å². The van der Waals surface area contributed by atoms with Gasteiger partial charge in [-0.25, -0.2) is 0 Å². The first-order valence-corrected chi connectivity index (χ1v) is 6.74. The lowest BCUT2D eigenvalue weighted by atomic mass is 10.1. The molecule has 0 heterocycles. The van der Waals surface area contributed by atoms with E-state index < -0.39 is 6.10 Å². The van der Waals surface area contributed by atoms with Gasteiger partial charge >= 0.3 is 0 Å². The average molecular weight is 249 g/mol. The summed E-state index contributed by atoms with van der Waals surface area (Å²) in [4.78, 5) is 2.15. The Bertz CT molecular complexity index is 375. The fourth-order valence-corrected chi connectivity index (χ4v) is 2.04. The van der Waals surface area contributed by atoms with E-state index in [2.05, 4.69) is 4.90 Å². The van der Waals surface area contributed by atoms with Gasteiger partial charge in [-0.2, -0.15) is 0 Å². The minimum absolute atomic E-state index is 0.434. The minimum atomic E-state index is -0.434. The molecular weight excluding hydrogens is 226 g/mol. The SMILES string of the molecule is CC(O)c1ccccc1N(C)CCOCC1CC1. The average Bonchev–Trinajstić information content (AvgIpc) is 3.18. The molecule has 1 aliphatic carbocycles. The lowest BCUT2D eigenvalue weighted by molar-refractivity contribution is 0.130. The topological polar surface area (TPSA) is 32.7 Å². The third kappa shape index (κ3) is 3.72. The number of anilines is 1. The second kappa shape index (κ2) is 6.21. The number of hydrogen-bond acceptors (Lipinski definition) is 3. The summed E-state index contributed by atoms with van der Waals surface area (Å²) in [5.41, 5.74) is 2.06. The van der Waals surface area contributed by atoms with Gasteiger partial charge in [-0.3, -0.25) is 0 Å². The zero-order chi connectivity index (χ0) is 13.0. The second-order valence-corrected chi connectivity index (χ2v) is 5.17. The monoisotopic (exact) mass is 249 g/mol. The van der Waals surface area contributed by atoms with E-state index in [4.69, 9.17) is 4.74 Å². The fourth-order valence-electron chi connectivity index (χ4n) is 2.04. The molecule has 1 aliphatic rings. The molecule has 1 atom stereocenters. The molecule has 2 rings (SSSR count). The molecule has 1 fully saturated rings. The number of ether oxygens (including phenoxy) is 1. The molecule has 3 heteroatoms. The highest BCUT2D eigenvalue weighted by atomic mass is 16.5. The summed E-state index contributed by atoms with van der Waals surface area (Å²) >= 11 is 0. The van der Waals surface area contributed by atoms with Crippen LogP contribution in [0.3, 0.4) is 0 Å². The number of para-hydroxylation sites is 1. The van der Waals surface area contributed by atoms with Crippen molar-refractivity contribution >= 4 is 5.69 Å². The Morgan fingerprint density at radius 1 is 1.39 bits per heavy atom. The Kier molecular flexibility index (Phi) is 4.61. The van der Waals surface area contributed by atoms with Gasteiger partial charge < -0.3 is 14.7 Å². The number of aliphatic hydroxyl groups is 1. The van der Waals surface area contributed by atoms with E-state index >= 15 is 0 Å². The molecule has 1 aromatic rings. The van der Waals surface area contributed by atoms with E-state index in [0.29, 0.717) is 0 Å². The zero-order valence-corrected chi connectivity index (χ0v) is 11.3. The molecule has 1 unspecified atom stereocenters. The van der Waals surface area contributed by atoms with Crippen molar-refractivity contribution in [2.75, 3.05) is 31.7 Å². The molecule has 0 saturated heterocycles. The van der Waals surface area contributed by atoms with Crippen LogP contribution in [0.4, 0.5) is 5.69 Å². The zero-order valence-electron chi connectivity index (χ0n) is 11.3. The highest BCUT2D eigenvalue weighted by molar-refractivity contribution is 5.53. The number of hydrogen-bond donors (Lipinski definition) is 1. The molecule has 0 bridgehead atoms. The maximum Gasteiger partial charge on any atom is 0.0781 e. The van der Waals surface area contributed by atoms with E-state index in [1.807, 2.05) is 31.3 Å². The molecular formula is C15H23NO2. The standard InChI is InChI=1S/C15H23NO2/c1-12(17)14-5-3-4-6-15(14)16(2)9-10-18-11-13-7-8-13/h3-6,12-13,17H,7-11H2,1-2H3. The van der Waals surface area contributed by atoms with E-state index in [1.54, 1.807) is 6.92 Å². The molecule has 0 aliphatic heterocycles. The Labute approximate surface area is 109 Å². The first kappa shape index (κ1) is 13.4. The Morgan fingerprint density at radius 3 is 2.78 bits per heavy atom. The van der Waals surface area contributed by atoms with Crippen molar-refractivity contribution in [2.24, 2.45) is 5.92 Å². The van der Waals surface area contributed by atoms with Crippen LogP contribution in [0, 0.1) is 5.92 Å². The van der Waals surface area contributed by atoms with Crippen molar-refractivity contribution in [3.05, 3.63) is 29.8 Å². The Hall–Kier alpha value is -1.06. The molecule has 0 amide bonds. The molecule has 1 saturated carbocycles. The smallest absolute Gasteiger partial charge is 0.0781 e. The van der Waals surface area contributed by atoms with E-state index in [0.717, 1.165) is 36.9 Å². The molecule has 18 heavy (non-hydrogen) atoms. The predicted octanol–water partition coefficient (Wildman–Crippen LogP) is 2.60. The summed E-state index contributed by atoms with van der Waals surface area (Å²) in [6.07, 6.45) is 2.23. The van der Waals surface area contributed by atoms with Crippen LogP contribution in [0.15, 0.2) is 24.3 Å². The van der Waals surface area contributed by atoms with Gasteiger partial charge in [0.05, 0.1) is 12.7 Å². The second-order valence-electron chi connectivity index (χ2n) is 5.17. The third-order valence-corrected chi connectivity index (χ3v) is 3.42. The van der Waals surface area contributed by atoms with Crippen LogP contribution in [-0.2, 0) is 4.74 Å². The van der Waals surface area contributed by atoms with Gasteiger partial charge in [-0.05, 0) is 31.7 Å². The van der Waals surface area contributed by atoms with E-state index in [9.17, 15) is 5.11 Å². The Balaban J connectivity index is 1.84. The fraction of sp³-hybridized carbons (Fsp3) is 0.600. The summed E-state index contributed by atoms with van der Waals surface area (Å²) < 4.78 is 5.65. The molecule has 1 N–H and O–H groups in total. The summed E-state index contributed by atoms with van der Waals surface area (Å²) in [7, 11) is 2.04. The van der Waals surface area contributed by atoms with Crippen LogP contribution >= 0.6 is 0 Å². The number of aliphatic hydroxyl groups excluding tert-OH is 1. The molecule has 100 valence electrons. The quantitative estimate of drug-likeness (QED) is 0.754. The highest BCUT2D eigenvalue weighted by Crippen LogP contribution is 2.29. The van der Waals surface area contributed by atoms with Crippen molar-refractivity contribution in [1.82, 2.24) is 0 Å². The summed E-state index contributed by atoms with van der Waals surface area (Å²) in [5.74, 6) is 0.819. The maximum absolute atomic E-state index is 9.75. The van der Waals surface area contributed by atoms with Crippen LogP contribution in [0.1, 0.15) is 31.4 Å². The van der Waals surface area contributed by atoms with Crippen LogP contribution < -0.4 is 4.90 Å². The van der Waals surface area contributed by atoms with Crippen LogP contribution in [0.25, 0.3) is 0 Å². The lowest BCUT2D eigenvalue weighted by Crippen LogP contribution is -2.24. The van der Waals surface area contributed by atoms with Crippen LogP contribution in [-0.4, -0.2) is 31.9 Å². The predicted molar refractivity (Wildman–Crippen MR) is 73.9 cm³/mol. The van der Waals surface area contributed by atoms with Crippen LogP contribution in [0.5, 0.6) is 0 Å². The van der Waals surface area contributed by atoms with Crippen molar-refractivity contribution < 1.29 is 9.84 Å². The van der Waals surface area contributed by atoms with Crippen LogP contribution in [0.2, 0.25) is 0 Å². The van der Waals surface area contributed by atoms with Crippen molar-refractivity contribution in [1.29, 1.82) is 0 Å². The number of nitrogens with zero attached hydrogens (tertiary/aromatic N) is 1. The molecule has 1 aromatic carbocycles. The lowest BCUT2D eigenvalue weighted by Gasteiger charge is -2.23. The summed E-state index contributed by atoms with van der Waals surface area (Å²) in [6, 6.07) is 7.98. The van der Waals surface area contributed by atoms with Gasteiger partial charge in [0.2, 0.25) is 0 Å². The van der Waals surface area contributed by atoms with Gasteiger partial charge in [0.1, 0.15) is 0 Å².